The van der Waals surface area contributed by atoms with Crippen molar-refractivity contribution in [3.8, 4) is 11.5 Å². The number of aromatic carboxylic acids is 1. The van der Waals surface area contributed by atoms with E-state index in [1.165, 1.54) is 30.5 Å². The number of benzene rings is 1. The summed E-state index contributed by atoms with van der Waals surface area (Å²) in [5.74, 6) is -1.65. The van der Waals surface area contributed by atoms with Gasteiger partial charge in [-0.25, -0.2) is 14.2 Å². The Morgan fingerprint density at radius 3 is 2.72 bits per heavy atom. The van der Waals surface area contributed by atoms with Crippen molar-refractivity contribution in [2.75, 3.05) is 0 Å². The maximum absolute atomic E-state index is 13.5. The summed E-state index contributed by atoms with van der Waals surface area (Å²) in [6.07, 6.45) is 1.20. The quantitative estimate of drug-likeness (QED) is 0.926. The molecule has 0 saturated heterocycles. The van der Waals surface area contributed by atoms with Gasteiger partial charge in [0.05, 0.1) is 11.2 Å². The molecule has 0 spiro atoms. The number of hydrogen-bond acceptors (Lipinski definition) is 3. The van der Waals surface area contributed by atoms with E-state index in [4.69, 9.17) is 21.4 Å². The molecule has 1 aromatic heterocycles. The van der Waals surface area contributed by atoms with E-state index in [1.807, 2.05) is 0 Å². The Morgan fingerprint density at radius 1 is 1.33 bits per heavy atom. The lowest BCUT2D eigenvalue weighted by Crippen LogP contribution is -1.99. The molecule has 1 heterocycles. The monoisotopic (exact) mass is 267 g/mol. The third-order valence-electron chi connectivity index (χ3n) is 2.10. The number of nitrogens with zero attached hydrogens (tertiary/aromatic N) is 1. The number of carboxylic acid groups (broad SMARTS) is 1. The highest BCUT2D eigenvalue weighted by Gasteiger charge is 2.09. The van der Waals surface area contributed by atoms with Crippen LogP contribution in [-0.4, -0.2) is 16.1 Å². The summed E-state index contributed by atoms with van der Waals surface area (Å²) in [4.78, 5) is 14.2. The summed E-state index contributed by atoms with van der Waals surface area (Å²) in [5, 5.41) is 8.61. The summed E-state index contributed by atoms with van der Waals surface area (Å²) in [5.41, 5.74) is -0.117. The number of ether oxygens (including phenoxy) is 1. The van der Waals surface area contributed by atoms with Crippen LogP contribution in [0.25, 0.3) is 0 Å². The molecule has 0 bridgehead atoms. The van der Waals surface area contributed by atoms with Crippen molar-refractivity contribution in [3.63, 3.8) is 0 Å². The van der Waals surface area contributed by atoms with Crippen LogP contribution in [0.4, 0.5) is 4.39 Å². The normalized spacial score (nSPS) is 10.1. The van der Waals surface area contributed by atoms with Gasteiger partial charge in [-0.2, -0.15) is 0 Å². The fourth-order valence-corrected chi connectivity index (χ4v) is 1.42. The van der Waals surface area contributed by atoms with Gasteiger partial charge in [-0.3, -0.25) is 0 Å². The van der Waals surface area contributed by atoms with E-state index in [-0.39, 0.29) is 22.2 Å². The van der Waals surface area contributed by atoms with Crippen LogP contribution in [-0.2, 0) is 0 Å². The lowest BCUT2D eigenvalue weighted by Gasteiger charge is -2.07. The van der Waals surface area contributed by atoms with Gasteiger partial charge in [0.1, 0.15) is 11.4 Å². The predicted molar refractivity (Wildman–Crippen MR) is 62.7 cm³/mol. The zero-order chi connectivity index (χ0) is 13.1. The average Bonchev–Trinajstić information content (AvgIpc) is 2.36. The average molecular weight is 268 g/mol. The standard InChI is InChI=1S/C12H7ClFNO3/c13-8-2-1-3-10(11(8)14)18-7-4-5-9(12(16)17)15-6-7/h1-6H,(H,16,17). The second-order valence-electron chi connectivity index (χ2n) is 3.34. The van der Waals surface area contributed by atoms with Gasteiger partial charge in [-0.05, 0) is 24.3 Å². The second kappa shape index (κ2) is 5.01. The smallest absolute Gasteiger partial charge is 0.354 e. The predicted octanol–water partition coefficient (Wildman–Crippen LogP) is 3.36. The largest absolute Gasteiger partial charge is 0.477 e. The summed E-state index contributed by atoms with van der Waals surface area (Å²) in [6.45, 7) is 0. The zero-order valence-corrected chi connectivity index (χ0v) is 9.69. The van der Waals surface area contributed by atoms with Crippen LogP contribution in [0.15, 0.2) is 36.5 Å². The number of hydrogen-bond donors (Lipinski definition) is 1. The molecule has 4 nitrogen and oxygen atoms in total. The number of halogens is 2. The summed E-state index contributed by atoms with van der Waals surface area (Å²) < 4.78 is 18.7. The molecule has 6 heteroatoms. The molecule has 2 aromatic rings. The number of rotatable bonds is 3. The topological polar surface area (TPSA) is 59.4 Å². The van der Waals surface area contributed by atoms with Gasteiger partial charge in [-0.1, -0.05) is 17.7 Å². The van der Waals surface area contributed by atoms with Gasteiger partial charge < -0.3 is 9.84 Å². The van der Waals surface area contributed by atoms with Gasteiger partial charge >= 0.3 is 5.97 Å². The molecule has 1 N–H and O–H groups in total. The Labute approximate surface area is 107 Å². The summed E-state index contributed by atoms with van der Waals surface area (Å²) >= 11 is 5.60. The van der Waals surface area contributed by atoms with Crippen molar-refractivity contribution < 1.29 is 19.0 Å². The minimum atomic E-state index is -1.14. The summed E-state index contributed by atoms with van der Waals surface area (Å²) in [7, 11) is 0. The number of aromatic nitrogens is 1. The Kier molecular flexibility index (Phi) is 3.43. The Balaban J connectivity index is 2.24. The van der Waals surface area contributed by atoms with Crippen molar-refractivity contribution in [2.24, 2.45) is 0 Å². The van der Waals surface area contributed by atoms with E-state index in [0.29, 0.717) is 0 Å². The van der Waals surface area contributed by atoms with Crippen LogP contribution in [0.5, 0.6) is 11.5 Å². The Bertz CT molecular complexity index is 586. The first-order valence-electron chi connectivity index (χ1n) is 4.89. The fourth-order valence-electron chi connectivity index (χ4n) is 1.26. The van der Waals surface area contributed by atoms with Crippen molar-refractivity contribution in [1.29, 1.82) is 0 Å². The van der Waals surface area contributed by atoms with Crippen LogP contribution >= 0.6 is 11.6 Å². The van der Waals surface area contributed by atoms with Gasteiger partial charge in [0.25, 0.3) is 0 Å². The SMILES string of the molecule is O=C(O)c1ccc(Oc2cccc(Cl)c2F)cn1. The molecule has 0 radical (unpaired) electrons. The van der Waals surface area contributed by atoms with Gasteiger partial charge in [0.15, 0.2) is 11.6 Å². The highest BCUT2D eigenvalue weighted by Crippen LogP contribution is 2.28. The highest BCUT2D eigenvalue weighted by atomic mass is 35.5. The minimum absolute atomic E-state index is 0.0487. The van der Waals surface area contributed by atoms with Gasteiger partial charge in [0, 0.05) is 0 Å². The maximum atomic E-state index is 13.5. The zero-order valence-electron chi connectivity index (χ0n) is 8.93. The van der Waals surface area contributed by atoms with E-state index in [9.17, 15) is 9.18 Å². The lowest BCUT2D eigenvalue weighted by molar-refractivity contribution is 0.0690. The maximum Gasteiger partial charge on any atom is 0.354 e. The third kappa shape index (κ3) is 2.57. The summed E-state index contributed by atoms with van der Waals surface area (Å²) in [6, 6.07) is 7.00. The van der Waals surface area contributed by atoms with E-state index < -0.39 is 11.8 Å². The van der Waals surface area contributed by atoms with E-state index in [2.05, 4.69) is 4.98 Å². The molecule has 92 valence electrons. The van der Waals surface area contributed by atoms with Crippen LogP contribution in [0.3, 0.4) is 0 Å². The van der Waals surface area contributed by atoms with Crippen molar-refractivity contribution in [1.82, 2.24) is 4.98 Å². The first kappa shape index (κ1) is 12.3. The molecule has 0 amide bonds. The molecule has 2 rings (SSSR count). The van der Waals surface area contributed by atoms with Gasteiger partial charge in [-0.15, -0.1) is 0 Å². The van der Waals surface area contributed by atoms with Crippen LogP contribution < -0.4 is 4.74 Å². The Hall–Kier alpha value is -2.14. The molecule has 0 unspecified atom stereocenters. The van der Waals surface area contributed by atoms with Crippen molar-refractivity contribution in [3.05, 3.63) is 53.1 Å². The fraction of sp³-hybridized carbons (Fsp3) is 0. The minimum Gasteiger partial charge on any atom is -0.477 e. The molecule has 0 aliphatic rings. The molecule has 18 heavy (non-hydrogen) atoms. The van der Waals surface area contributed by atoms with Crippen molar-refractivity contribution >= 4 is 17.6 Å². The molecule has 0 saturated carbocycles. The molecule has 0 aliphatic carbocycles. The molecular formula is C12H7ClFNO3. The number of carbonyl (C=O) groups is 1. The second-order valence-corrected chi connectivity index (χ2v) is 3.75. The molecule has 0 aliphatic heterocycles. The number of carboxylic acids is 1. The lowest BCUT2D eigenvalue weighted by atomic mass is 10.3. The van der Waals surface area contributed by atoms with E-state index >= 15 is 0 Å². The number of pyridine rings is 1. The van der Waals surface area contributed by atoms with Gasteiger partial charge in [0.2, 0.25) is 0 Å². The van der Waals surface area contributed by atoms with Crippen LogP contribution in [0, 0.1) is 5.82 Å². The van der Waals surface area contributed by atoms with Crippen LogP contribution in [0.1, 0.15) is 10.5 Å². The van der Waals surface area contributed by atoms with Crippen molar-refractivity contribution in [2.45, 2.75) is 0 Å². The molecule has 1 aromatic carbocycles. The first-order valence-corrected chi connectivity index (χ1v) is 5.27. The molecule has 0 fully saturated rings. The Morgan fingerprint density at radius 2 is 2.11 bits per heavy atom. The van der Waals surface area contributed by atoms with Crippen LogP contribution in [0.2, 0.25) is 5.02 Å². The molecule has 0 atom stereocenters. The highest BCUT2D eigenvalue weighted by molar-refractivity contribution is 6.30. The van der Waals surface area contributed by atoms with E-state index in [0.717, 1.165) is 0 Å². The van der Waals surface area contributed by atoms with E-state index in [1.54, 1.807) is 6.07 Å². The molecular weight excluding hydrogens is 261 g/mol. The first-order chi connectivity index (χ1) is 8.58. The third-order valence-corrected chi connectivity index (χ3v) is 2.39.